The smallest absolute Gasteiger partial charge is 0.240 e. The number of sulfonamides is 1. The first kappa shape index (κ1) is 16.3. The minimum Gasteiger partial charge on any atom is -0.489 e. The third-order valence-corrected chi connectivity index (χ3v) is 5.24. The highest BCUT2D eigenvalue weighted by Crippen LogP contribution is 2.21. The lowest BCUT2D eigenvalue weighted by molar-refractivity contribution is 0.115. The zero-order valence-electron chi connectivity index (χ0n) is 12.8. The quantitative estimate of drug-likeness (QED) is 0.869. The van der Waals surface area contributed by atoms with E-state index in [4.69, 9.17) is 4.74 Å². The van der Waals surface area contributed by atoms with Gasteiger partial charge in [-0.3, -0.25) is 0 Å². The van der Waals surface area contributed by atoms with E-state index in [1.54, 1.807) is 38.1 Å². The summed E-state index contributed by atoms with van der Waals surface area (Å²) in [6.07, 6.45) is 1.23. The summed E-state index contributed by atoms with van der Waals surface area (Å²) in [7, 11) is -3.44. The van der Waals surface area contributed by atoms with Crippen molar-refractivity contribution < 1.29 is 13.2 Å². The molecule has 2 unspecified atom stereocenters. The molecule has 5 nitrogen and oxygen atoms in total. The molecule has 1 aliphatic rings. The van der Waals surface area contributed by atoms with Crippen LogP contribution in [0.4, 0.5) is 0 Å². The summed E-state index contributed by atoms with van der Waals surface area (Å²) in [5.41, 5.74) is 0. The Morgan fingerprint density at radius 1 is 1.29 bits per heavy atom. The number of ether oxygens (including phenoxy) is 1. The molecule has 2 rings (SSSR count). The van der Waals surface area contributed by atoms with Crippen LogP contribution in [0.15, 0.2) is 29.2 Å². The van der Waals surface area contributed by atoms with Gasteiger partial charge < -0.3 is 10.1 Å². The fourth-order valence-corrected chi connectivity index (χ4v) is 3.62. The Balaban J connectivity index is 2.05. The van der Waals surface area contributed by atoms with Gasteiger partial charge in [0.25, 0.3) is 0 Å². The standard InChI is InChI=1S/C15H24N2O3S/c1-11(2)17-21(18,19)14-6-4-13(5-7-14)20-15-10-16-9-8-12(15)3/h4-7,11-12,15-17H,8-10H2,1-3H3. The number of benzene rings is 1. The zero-order chi connectivity index (χ0) is 15.5. The Morgan fingerprint density at radius 3 is 2.52 bits per heavy atom. The van der Waals surface area contributed by atoms with E-state index in [0.717, 1.165) is 19.5 Å². The summed E-state index contributed by atoms with van der Waals surface area (Å²) in [5.74, 6) is 1.20. The lowest BCUT2D eigenvalue weighted by Crippen LogP contribution is -2.42. The molecule has 0 radical (unpaired) electrons. The van der Waals surface area contributed by atoms with Gasteiger partial charge in [0.2, 0.25) is 10.0 Å². The summed E-state index contributed by atoms with van der Waals surface area (Å²) >= 11 is 0. The van der Waals surface area contributed by atoms with E-state index >= 15 is 0 Å². The van der Waals surface area contributed by atoms with Crippen LogP contribution < -0.4 is 14.8 Å². The van der Waals surface area contributed by atoms with Crippen molar-refractivity contribution in [2.45, 2.75) is 44.2 Å². The molecule has 1 fully saturated rings. The summed E-state index contributed by atoms with van der Waals surface area (Å²) in [5, 5.41) is 3.31. The van der Waals surface area contributed by atoms with Crippen molar-refractivity contribution in [1.82, 2.24) is 10.0 Å². The minimum atomic E-state index is -3.44. The highest BCUT2D eigenvalue weighted by molar-refractivity contribution is 7.89. The maximum Gasteiger partial charge on any atom is 0.240 e. The summed E-state index contributed by atoms with van der Waals surface area (Å²) < 4.78 is 32.6. The molecule has 0 spiro atoms. The molecule has 1 aliphatic heterocycles. The van der Waals surface area contributed by atoms with Gasteiger partial charge in [-0.15, -0.1) is 0 Å². The Hall–Kier alpha value is -1.11. The van der Waals surface area contributed by atoms with E-state index in [1.807, 2.05) is 0 Å². The van der Waals surface area contributed by atoms with E-state index in [-0.39, 0.29) is 17.0 Å². The molecule has 0 bridgehead atoms. The van der Waals surface area contributed by atoms with Gasteiger partial charge in [0.15, 0.2) is 0 Å². The van der Waals surface area contributed by atoms with Crippen molar-refractivity contribution in [3.63, 3.8) is 0 Å². The van der Waals surface area contributed by atoms with Crippen LogP contribution >= 0.6 is 0 Å². The van der Waals surface area contributed by atoms with Crippen molar-refractivity contribution >= 4 is 10.0 Å². The Kier molecular flexibility index (Phi) is 5.24. The van der Waals surface area contributed by atoms with E-state index in [2.05, 4.69) is 17.0 Å². The van der Waals surface area contributed by atoms with Crippen LogP contribution in [0.25, 0.3) is 0 Å². The van der Waals surface area contributed by atoms with Gasteiger partial charge in [-0.2, -0.15) is 0 Å². The van der Waals surface area contributed by atoms with Crippen molar-refractivity contribution in [2.75, 3.05) is 13.1 Å². The zero-order valence-corrected chi connectivity index (χ0v) is 13.6. The van der Waals surface area contributed by atoms with Gasteiger partial charge in [0, 0.05) is 12.6 Å². The minimum absolute atomic E-state index is 0.125. The monoisotopic (exact) mass is 312 g/mol. The average Bonchev–Trinajstić information content (AvgIpc) is 2.40. The van der Waals surface area contributed by atoms with E-state index < -0.39 is 10.0 Å². The lowest BCUT2D eigenvalue weighted by atomic mass is 9.97. The first-order valence-corrected chi connectivity index (χ1v) is 8.86. The maximum absolute atomic E-state index is 12.0. The van der Waals surface area contributed by atoms with Crippen LogP contribution in [-0.2, 0) is 10.0 Å². The van der Waals surface area contributed by atoms with Gasteiger partial charge in [-0.1, -0.05) is 6.92 Å². The van der Waals surface area contributed by atoms with Crippen molar-refractivity contribution in [3.05, 3.63) is 24.3 Å². The van der Waals surface area contributed by atoms with Gasteiger partial charge in [0.1, 0.15) is 11.9 Å². The molecule has 0 amide bonds. The molecule has 0 aliphatic carbocycles. The number of hydrogen-bond acceptors (Lipinski definition) is 4. The largest absolute Gasteiger partial charge is 0.489 e. The van der Waals surface area contributed by atoms with Gasteiger partial charge in [0.05, 0.1) is 4.90 Å². The van der Waals surface area contributed by atoms with Crippen molar-refractivity contribution in [1.29, 1.82) is 0 Å². The number of piperidine rings is 1. The van der Waals surface area contributed by atoms with Crippen LogP contribution in [0.1, 0.15) is 27.2 Å². The summed E-state index contributed by atoms with van der Waals surface area (Å²) in [4.78, 5) is 0.262. The molecule has 21 heavy (non-hydrogen) atoms. The average molecular weight is 312 g/mol. The predicted octanol–water partition coefficient (Wildman–Crippen LogP) is 1.75. The molecule has 0 saturated carbocycles. The molecule has 118 valence electrons. The first-order chi connectivity index (χ1) is 9.88. The van der Waals surface area contributed by atoms with Gasteiger partial charge in [-0.05, 0) is 57.0 Å². The second-order valence-corrected chi connectivity index (χ2v) is 7.59. The lowest BCUT2D eigenvalue weighted by Gasteiger charge is -2.30. The van der Waals surface area contributed by atoms with Gasteiger partial charge in [-0.25, -0.2) is 13.1 Å². The molecular weight excluding hydrogens is 288 g/mol. The molecule has 1 saturated heterocycles. The molecule has 0 aromatic heterocycles. The number of hydrogen-bond donors (Lipinski definition) is 2. The van der Waals surface area contributed by atoms with Crippen molar-refractivity contribution in [3.8, 4) is 5.75 Å². The summed E-state index contributed by atoms with van der Waals surface area (Å²) in [6.45, 7) is 7.63. The molecule has 2 atom stereocenters. The highest BCUT2D eigenvalue weighted by atomic mass is 32.2. The molecule has 1 aromatic carbocycles. The van der Waals surface area contributed by atoms with Gasteiger partial charge >= 0.3 is 0 Å². The fourth-order valence-electron chi connectivity index (χ4n) is 2.37. The van der Waals surface area contributed by atoms with E-state index in [0.29, 0.717) is 11.7 Å². The van der Waals surface area contributed by atoms with Crippen molar-refractivity contribution in [2.24, 2.45) is 5.92 Å². The topological polar surface area (TPSA) is 67.4 Å². The van der Waals surface area contributed by atoms with E-state index in [9.17, 15) is 8.42 Å². The first-order valence-electron chi connectivity index (χ1n) is 7.38. The van der Waals surface area contributed by atoms with Crippen LogP contribution in [0.5, 0.6) is 5.75 Å². The third-order valence-electron chi connectivity index (χ3n) is 3.57. The van der Waals surface area contributed by atoms with Crippen LogP contribution in [0.3, 0.4) is 0 Å². The fraction of sp³-hybridized carbons (Fsp3) is 0.600. The van der Waals surface area contributed by atoms with E-state index in [1.165, 1.54) is 0 Å². The van der Waals surface area contributed by atoms with Crippen LogP contribution in [0, 0.1) is 5.92 Å². The Bertz CT molecular complexity index is 555. The third kappa shape index (κ3) is 4.43. The molecule has 1 aromatic rings. The number of rotatable bonds is 5. The second kappa shape index (κ2) is 6.77. The highest BCUT2D eigenvalue weighted by Gasteiger charge is 2.23. The Labute approximate surface area is 127 Å². The molecule has 6 heteroatoms. The maximum atomic E-state index is 12.0. The Morgan fingerprint density at radius 2 is 1.95 bits per heavy atom. The predicted molar refractivity (Wildman–Crippen MR) is 83.0 cm³/mol. The number of nitrogens with one attached hydrogen (secondary N) is 2. The molecule has 2 N–H and O–H groups in total. The second-order valence-electron chi connectivity index (χ2n) is 5.87. The normalized spacial score (nSPS) is 23.2. The summed E-state index contributed by atoms with van der Waals surface area (Å²) in [6, 6.07) is 6.48. The SMILES string of the molecule is CC(C)NS(=O)(=O)c1ccc(OC2CNCCC2C)cc1. The van der Waals surface area contributed by atoms with Crippen LogP contribution in [-0.4, -0.2) is 33.7 Å². The van der Waals surface area contributed by atoms with Crippen LogP contribution in [0.2, 0.25) is 0 Å². The molecular formula is C15H24N2O3S. The molecule has 1 heterocycles.